The second-order valence-corrected chi connectivity index (χ2v) is 3.05. The number of carboxylic acids is 1. The molecule has 0 bridgehead atoms. The number of rotatable bonds is 5. The molecule has 6 heteroatoms. The Kier molecular flexibility index (Phi) is 6.80. The predicted octanol–water partition coefficient (Wildman–Crippen LogP) is -0.515. The first-order chi connectivity index (χ1) is 7.13. The molecule has 1 rings (SSSR count). The van der Waals surface area contributed by atoms with Crippen molar-refractivity contribution in [2.75, 3.05) is 0 Å². The molecular formula is C10H12NNaO4. The number of benzene rings is 1. The third-order valence-corrected chi connectivity index (χ3v) is 1.94. The summed E-state index contributed by atoms with van der Waals surface area (Å²) in [6.07, 6.45) is 0.549. The van der Waals surface area contributed by atoms with Gasteiger partial charge in [-0.3, -0.25) is 4.79 Å². The molecule has 0 aliphatic heterocycles. The summed E-state index contributed by atoms with van der Waals surface area (Å²) in [5.41, 5.74) is 0.731. The van der Waals surface area contributed by atoms with Crippen molar-refractivity contribution in [1.82, 2.24) is 5.32 Å². The van der Waals surface area contributed by atoms with Crippen molar-refractivity contribution in [3.63, 3.8) is 0 Å². The molecule has 1 aromatic rings. The summed E-state index contributed by atoms with van der Waals surface area (Å²) in [5.74, 6) is -0.968. The van der Waals surface area contributed by atoms with Crippen LogP contribution in [0.4, 0.5) is 0 Å². The van der Waals surface area contributed by atoms with Crippen LogP contribution in [0.5, 0.6) is 5.75 Å². The van der Waals surface area contributed by atoms with Gasteiger partial charge in [-0.05, 0) is 17.7 Å². The van der Waals surface area contributed by atoms with Crippen molar-refractivity contribution >= 4 is 41.9 Å². The first kappa shape index (κ1) is 15.0. The van der Waals surface area contributed by atoms with E-state index in [4.69, 9.17) is 10.2 Å². The van der Waals surface area contributed by atoms with Gasteiger partial charge in [0.1, 0.15) is 11.8 Å². The zero-order chi connectivity index (χ0) is 11.3. The molecular weight excluding hydrogens is 221 g/mol. The summed E-state index contributed by atoms with van der Waals surface area (Å²) in [5, 5.41) is 20.0. The topological polar surface area (TPSA) is 86.6 Å². The van der Waals surface area contributed by atoms with Crippen LogP contribution < -0.4 is 5.32 Å². The SMILES string of the molecule is O=CNC(Cc1ccc(O)cc1)C(=O)O.[NaH]. The number of hydrogen-bond donors (Lipinski definition) is 3. The molecule has 1 atom stereocenters. The van der Waals surface area contributed by atoms with E-state index in [1.807, 2.05) is 0 Å². The Labute approximate surface area is 115 Å². The maximum absolute atomic E-state index is 10.7. The summed E-state index contributed by atoms with van der Waals surface area (Å²) in [6, 6.07) is 5.21. The van der Waals surface area contributed by atoms with E-state index in [2.05, 4.69) is 5.32 Å². The van der Waals surface area contributed by atoms with Gasteiger partial charge in [0.05, 0.1) is 0 Å². The Hall–Kier alpha value is -1.04. The number of aliphatic carboxylic acids is 1. The van der Waals surface area contributed by atoms with Crippen LogP contribution in [-0.2, 0) is 16.0 Å². The van der Waals surface area contributed by atoms with Crippen molar-refractivity contribution in [3.8, 4) is 5.75 Å². The van der Waals surface area contributed by atoms with Crippen LogP contribution in [0.1, 0.15) is 5.56 Å². The number of nitrogens with one attached hydrogen (secondary N) is 1. The average molecular weight is 233 g/mol. The van der Waals surface area contributed by atoms with E-state index in [9.17, 15) is 9.59 Å². The van der Waals surface area contributed by atoms with E-state index in [1.165, 1.54) is 12.1 Å². The molecule has 5 nitrogen and oxygen atoms in total. The van der Waals surface area contributed by atoms with Gasteiger partial charge in [0, 0.05) is 6.42 Å². The molecule has 0 aliphatic carbocycles. The molecule has 0 aromatic heterocycles. The van der Waals surface area contributed by atoms with Gasteiger partial charge in [-0.2, -0.15) is 0 Å². The second kappa shape index (κ2) is 7.27. The third-order valence-electron chi connectivity index (χ3n) is 1.94. The predicted molar refractivity (Wildman–Crippen MR) is 59.6 cm³/mol. The number of carbonyl (C=O) groups excluding carboxylic acids is 1. The first-order valence-corrected chi connectivity index (χ1v) is 4.34. The van der Waals surface area contributed by atoms with E-state index in [0.717, 1.165) is 5.56 Å². The van der Waals surface area contributed by atoms with Gasteiger partial charge in [0.15, 0.2) is 0 Å². The summed E-state index contributed by atoms with van der Waals surface area (Å²) < 4.78 is 0. The molecule has 1 amide bonds. The zero-order valence-corrected chi connectivity index (χ0v) is 7.88. The summed E-state index contributed by atoms with van der Waals surface area (Å²) in [4.78, 5) is 20.8. The van der Waals surface area contributed by atoms with E-state index >= 15 is 0 Å². The average Bonchev–Trinajstić information content (AvgIpc) is 2.20. The van der Waals surface area contributed by atoms with Gasteiger partial charge in [-0.15, -0.1) is 0 Å². The zero-order valence-electron chi connectivity index (χ0n) is 7.88. The van der Waals surface area contributed by atoms with Gasteiger partial charge in [0.25, 0.3) is 0 Å². The quantitative estimate of drug-likeness (QED) is 0.472. The normalized spacial score (nSPS) is 11.0. The number of carbonyl (C=O) groups is 2. The van der Waals surface area contributed by atoms with Gasteiger partial charge in [-0.1, -0.05) is 12.1 Å². The summed E-state index contributed by atoms with van der Waals surface area (Å²) in [6.45, 7) is 0. The molecule has 0 heterocycles. The van der Waals surface area contributed by atoms with Crippen LogP contribution >= 0.6 is 0 Å². The molecule has 0 spiro atoms. The van der Waals surface area contributed by atoms with E-state index in [-0.39, 0.29) is 41.7 Å². The standard InChI is InChI=1S/C10H11NO4.Na.H/c12-6-11-9(10(14)15)5-7-1-3-8(13)4-2-7;;/h1-4,6,9,13H,5H2,(H,11,12)(H,14,15);;. The molecule has 0 radical (unpaired) electrons. The fourth-order valence-corrected chi connectivity index (χ4v) is 1.17. The molecule has 0 aliphatic rings. The van der Waals surface area contributed by atoms with Crippen molar-refractivity contribution < 1.29 is 19.8 Å². The maximum atomic E-state index is 10.7. The molecule has 0 saturated carbocycles. The number of phenols is 1. The number of amides is 1. The Morgan fingerprint density at radius 1 is 1.38 bits per heavy atom. The number of phenolic OH excluding ortho intramolecular Hbond substituents is 1. The molecule has 82 valence electrons. The first-order valence-electron chi connectivity index (χ1n) is 4.34. The summed E-state index contributed by atoms with van der Waals surface area (Å²) in [7, 11) is 0. The van der Waals surface area contributed by atoms with E-state index < -0.39 is 12.0 Å². The monoisotopic (exact) mass is 233 g/mol. The number of aromatic hydroxyl groups is 1. The molecule has 1 unspecified atom stereocenters. The Balaban J connectivity index is 0.00000225. The van der Waals surface area contributed by atoms with Crippen molar-refractivity contribution in [1.29, 1.82) is 0 Å². The van der Waals surface area contributed by atoms with E-state index in [1.54, 1.807) is 12.1 Å². The number of carboxylic acid groups (broad SMARTS) is 1. The fraction of sp³-hybridized carbons (Fsp3) is 0.200. The van der Waals surface area contributed by atoms with Crippen molar-refractivity contribution in [3.05, 3.63) is 29.8 Å². The van der Waals surface area contributed by atoms with Crippen LogP contribution in [0.3, 0.4) is 0 Å². The minimum atomic E-state index is -1.09. The van der Waals surface area contributed by atoms with Crippen LogP contribution in [0, 0.1) is 0 Å². The van der Waals surface area contributed by atoms with Crippen LogP contribution in [0.25, 0.3) is 0 Å². The van der Waals surface area contributed by atoms with Gasteiger partial charge in [0.2, 0.25) is 6.41 Å². The number of hydrogen-bond acceptors (Lipinski definition) is 3. The van der Waals surface area contributed by atoms with E-state index in [0.29, 0.717) is 6.41 Å². The molecule has 3 N–H and O–H groups in total. The third kappa shape index (κ3) is 4.65. The van der Waals surface area contributed by atoms with Crippen LogP contribution in [0.2, 0.25) is 0 Å². The van der Waals surface area contributed by atoms with Gasteiger partial charge < -0.3 is 15.5 Å². The Morgan fingerprint density at radius 3 is 2.38 bits per heavy atom. The summed E-state index contributed by atoms with van der Waals surface area (Å²) >= 11 is 0. The van der Waals surface area contributed by atoms with Crippen molar-refractivity contribution in [2.45, 2.75) is 12.5 Å². The molecule has 0 saturated heterocycles. The van der Waals surface area contributed by atoms with Crippen molar-refractivity contribution in [2.24, 2.45) is 0 Å². The van der Waals surface area contributed by atoms with Crippen LogP contribution in [-0.4, -0.2) is 58.2 Å². The Bertz CT molecular complexity index is 352. The second-order valence-electron chi connectivity index (χ2n) is 3.05. The Morgan fingerprint density at radius 2 is 1.94 bits per heavy atom. The van der Waals surface area contributed by atoms with Crippen LogP contribution in [0.15, 0.2) is 24.3 Å². The minimum absolute atomic E-state index is 0. The van der Waals surface area contributed by atoms with Gasteiger partial charge in [-0.25, -0.2) is 4.79 Å². The molecule has 0 fully saturated rings. The fourth-order valence-electron chi connectivity index (χ4n) is 1.17. The molecule has 16 heavy (non-hydrogen) atoms. The molecule has 1 aromatic carbocycles. The van der Waals surface area contributed by atoms with Gasteiger partial charge >= 0.3 is 35.5 Å².